The van der Waals surface area contributed by atoms with Gasteiger partial charge in [-0.05, 0) is 56.7 Å². The number of fused-ring (bicyclic) bond motifs is 1. The molecule has 2 aromatic heterocycles. The predicted molar refractivity (Wildman–Crippen MR) is 126 cm³/mol. The topological polar surface area (TPSA) is 96.1 Å². The maximum Gasteiger partial charge on any atom is 0.261 e. The van der Waals surface area contributed by atoms with E-state index < -0.39 is 0 Å². The van der Waals surface area contributed by atoms with Gasteiger partial charge in [0.15, 0.2) is 5.82 Å². The summed E-state index contributed by atoms with van der Waals surface area (Å²) in [4.78, 5) is 25.9. The Morgan fingerprint density at radius 2 is 1.72 bits per heavy atom. The second kappa shape index (κ2) is 9.23. The summed E-state index contributed by atoms with van der Waals surface area (Å²) >= 11 is 1.28. The first-order valence-electron chi connectivity index (χ1n) is 10.3. The molecular formula is C24H24N4O3S. The summed E-state index contributed by atoms with van der Waals surface area (Å²) in [6.07, 6.45) is 0.0629. The number of aromatic amines is 1. The number of ether oxygens (including phenoxy) is 1. The molecule has 2 heterocycles. The fraction of sp³-hybridized carbons (Fsp3) is 0.208. The van der Waals surface area contributed by atoms with Gasteiger partial charge in [-0.25, -0.2) is 0 Å². The molecule has 8 heteroatoms. The molecule has 0 fully saturated rings. The van der Waals surface area contributed by atoms with Gasteiger partial charge in [-0.1, -0.05) is 30.3 Å². The number of hydrogen-bond donors (Lipinski definition) is 3. The third-order valence-corrected chi connectivity index (χ3v) is 5.97. The number of carbonyl (C=O) groups is 2. The Kier molecular flexibility index (Phi) is 6.23. The minimum Gasteiger partial charge on any atom is -0.491 e. The minimum absolute atomic E-state index is 0.0629. The van der Waals surface area contributed by atoms with Gasteiger partial charge >= 0.3 is 0 Å². The smallest absolute Gasteiger partial charge is 0.261 e. The van der Waals surface area contributed by atoms with E-state index in [1.165, 1.54) is 11.3 Å². The van der Waals surface area contributed by atoms with Gasteiger partial charge in [0.1, 0.15) is 5.75 Å². The average Bonchev–Trinajstić information content (AvgIpc) is 3.36. The molecule has 0 spiro atoms. The molecule has 0 saturated carbocycles. The van der Waals surface area contributed by atoms with Gasteiger partial charge in [-0.3, -0.25) is 14.7 Å². The maximum atomic E-state index is 12.7. The Balaban J connectivity index is 1.45. The lowest BCUT2D eigenvalue weighted by Gasteiger charge is -2.13. The first kappa shape index (κ1) is 21.6. The van der Waals surface area contributed by atoms with Crippen molar-refractivity contribution in [2.45, 2.75) is 32.9 Å². The zero-order valence-electron chi connectivity index (χ0n) is 18.0. The number of H-pyrrole nitrogens is 1. The highest BCUT2D eigenvalue weighted by molar-refractivity contribution is 7.21. The van der Waals surface area contributed by atoms with Crippen LogP contribution in [0.2, 0.25) is 0 Å². The molecule has 3 N–H and O–H groups in total. The molecule has 0 aliphatic carbocycles. The highest BCUT2D eigenvalue weighted by Gasteiger charge is 2.18. The number of benzene rings is 2. The van der Waals surface area contributed by atoms with Crippen molar-refractivity contribution in [1.29, 1.82) is 0 Å². The molecule has 7 nitrogen and oxygen atoms in total. The number of aromatic nitrogens is 2. The molecule has 0 radical (unpaired) electrons. The van der Waals surface area contributed by atoms with E-state index in [9.17, 15) is 9.59 Å². The summed E-state index contributed by atoms with van der Waals surface area (Å²) in [5.74, 6) is 0.644. The van der Waals surface area contributed by atoms with Crippen LogP contribution in [-0.4, -0.2) is 28.1 Å². The third-order valence-electron chi connectivity index (χ3n) is 4.83. The fourth-order valence-corrected chi connectivity index (χ4v) is 4.20. The molecular weight excluding hydrogens is 424 g/mol. The Labute approximate surface area is 189 Å². The maximum absolute atomic E-state index is 12.7. The van der Waals surface area contributed by atoms with Crippen molar-refractivity contribution in [3.05, 3.63) is 76.7 Å². The van der Waals surface area contributed by atoms with E-state index in [0.717, 1.165) is 10.3 Å². The zero-order chi connectivity index (χ0) is 22.7. The van der Waals surface area contributed by atoms with Crippen LogP contribution in [0.3, 0.4) is 0 Å². The predicted octanol–water partition coefficient (Wildman–Crippen LogP) is 5.15. The van der Waals surface area contributed by atoms with Crippen LogP contribution < -0.4 is 15.4 Å². The lowest BCUT2D eigenvalue weighted by atomic mass is 10.1. The molecule has 0 unspecified atom stereocenters. The number of thiophene rings is 1. The van der Waals surface area contributed by atoms with E-state index in [1.54, 1.807) is 30.3 Å². The second-order valence-electron chi connectivity index (χ2n) is 7.68. The van der Waals surface area contributed by atoms with Crippen molar-refractivity contribution in [3.8, 4) is 5.75 Å². The average molecular weight is 449 g/mol. The van der Waals surface area contributed by atoms with Crippen LogP contribution in [-0.2, 0) is 0 Å². The zero-order valence-corrected chi connectivity index (χ0v) is 18.8. The summed E-state index contributed by atoms with van der Waals surface area (Å²) in [5.41, 5.74) is 2.22. The van der Waals surface area contributed by atoms with Gasteiger partial charge in [-0.2, -0.15) is 5.10 Å². The normalized spacial score (nSPS) is 12.0. The van der Waals surface area contributed by atoms with Crippen LogP contribution in [0.15, 0.2) is 60.7 Å². The molecule has 1 atom stereocenters. The summed E-state index contributed by atoms with van der Waals surface area (Å²) < 4.78 is 6.33. The SMILES string of the molecule is CC(C)Oc1ccc(C(=O)Nc2n[nH]c3cc(C(=O)N[C@H](C)c4ccccc4)sc23)cc1. The molecule has 0 saturated heterocycles. The van der Waals surface area contributed by atoms with Crippen molar-refractivity contribution in [3.63, 3.8) is 0 Å². The largest absolute Gasteiger partial charge is 0.491 e. The van der Waals surface area contributed by atoms with Gasteiger partial charge < -0.3 is 15.4 Å². The van der Waals surface area contributed by atoms with Crippen molar-refractivity contribution < 1.29 is 14.3 Å². The molecule has 0 aliphatic rings. The van der Waals surface area contributed by atoms with E-state index >= 15 is 0 Å². The molecule has 4 aromatic rings. The van der Waals surface area contributed by atoms with Crippen molar-refractivity contribution in [1.82, 2.24) is 15.5 Å². The second-order valence-corrected chi connectivity index (χ2v) is 8.73. The van der Waals surface area contributed by atoms with Gasteiger partial charge in [0, 0.05) is 5.56 Å². The van der Waals surface area contributed by atoms with E-state index in [4.69, 9.17) is 4.74 Å². The summed E-state index contributed by atoms with van der Waals surface area (Å²) in [6, 6.07) is 18.3. The highest BCUT2D eigenvalue weighted by atomic mass is 32.1. The Morgan fingerprint density at radius 3 is 2.41 bits per heavy atom. The lowest BCUT2D eigenvalue weighted by molar-refractivity contribution is 0.0943. The molecule has 0 aliphatic heterocycles. The first-order chi connectivity index (χ1) is 15.4. The molecule has 164 valence electrons. The molecule has 2 aromatic carbocycles. The summed E-state index contributed by atoms with van der Waals surface area (Å²) in [7, 11) is 0. The quantitative estimate of drug-likeness (QED) is 0.364. The van der Waals surface area contributed by atoms with E-state index in [2.05, 4.69) is 20.8 Å². The van der Waals surface area contributed by atoms with Crippen molar-refractivity contribution in [2.75, 3.05) is 5.32 Å². The van der Waals surface area contributed by atoms with Crippen molar-refractivity contribution >= 4 is 39.2 Å². The molecule has 32 heavy (non-hydrogen) atoms. The van der Waals surface area contributed by atoms with Crippen LogP contribution in [0.5, 0.6) is 5.75 Å². The van der Waals surface area contributed by atoms with Gasteiger partial charge in [0.25, 0.3) is 11.8 Å². The molecule has 2 amide bonds. The van der Waals surface area contributed by atoms with Gasteiger partial charge in [-0.15, -0.1) is 11.3 Å². The van der Waals surface area contributed by atoms with Crippen LogP contribution in [0.25, 0.3) is 10.2 Å². The number of hydrogen-bond acceptors (Lipinski definition) is 5. The number of amides is 2. The van der Waals surface area contributed by atoms with E-state index in [1.807, 2.05) is 51.1 Å². The Hall–Kier alpha value is -3.65. The Morgan fingerprint density at radius 1 is 1.00 bits per heavy atom. The first-order valence-corrected chi connectivity index (χ1v) is 11.1. The standard InChI is InChI=1S/C24H24N4O3S/c1-14(2)31-18-11-9-17(10-12-18)23(29)26-22-21-19(27-28-22)13-20(32-21)24(30)25-15(3)16-7-5-4-6-8-16/h4-15H,1-3H3,(H,25,30)(H2,26,27,28,29)/t15-/m1/s1. The summed E-state index contributed by atoms with van der Waals surface area (Å²) in [6.45, 7) is 5.83. The Bertz CT molecular complexity index is 1230. The van der Waals surface area contributed by atoms with Crippen LogP contribution in [0.4, 0.5) is 5.82 Å². The number of nitrogens with zero attached hydrogens (tertiary/aromatic N) is 1. The van der Waals surface area contributed by atoms with E-state index in [0.29, 0.717) is 27.5 Å². The highest BCUT2D eigenvalue weighted by Crippen LogP contribution is 2.31. The monoisotopic (exact) mass is 448 g/mol. The minimum atomic E-state index is -0.286. The van der Waals surface area contributed by atoms with Crippen LogP contribution in [0.1, 0.15) is 52.4 Å². The fourth-order valence-electron chi connectivity index (χ4n) is 3.24. The van der Waals surface area contributed by atoms with E-state index in [-0.39, 0.29) is 24.0 Å². The van der Waals surface area contributed by atoms with Gasteiger partial charge in [0.05, 0.1) is 27.2 Å². The van der Waals surface area contributed by atoms with Gasteiger partial charge in [0.2, 0.25) is 0 Å². The van der Waals surface area contributed by atoms with Crippen LogP contribution >= 0.6 is 11.3 Å². The third kappa shape index (κ3) is 4.81. The van der Waals surface area contributed by atoms with Crippen LogP contribution in [0, 0.1) is 0 Å². The number of rotatable bonds is 7. The molecule has 0 bridgehead atoms. The number of carbonyl (C=O) groups excluding carboxylic acids is 2. The number of anilines is 1. The molecule has 4 rings (SSSR count). The number of nitrogens with one attached hydrogen (secondary N) is 3. The van der Waals surface area contributed by atoms with Crippen molar-refractivity contribution in [2.24, 2.45) is 0 Å². The lowest BCUT2D eigenvalue weighted by Crippen LogP contribution is -2.25. The summed E-state index contributed by atoms with van der Waals surface area (Å²) in [5, 5.41) is 12.9.